The van der Waals surface area contributed by atoms with Crippen LogP contribution in [0.1, 0.15) is 37.1 Å². The van der Waals surface area contributed by atoms with Crippen LogP contribution in [0.15, 0.2) is 18.6 Å². The molecule has 2 atom stereocenters. The van der Waals surface area contributed by atoms with E-state index in [-0.39, 0.29) is 6.04 Å². The van der Waals surface area contributed by atoms with Crippen molar-refractivity contribution in [1.82, 2.24) is 19.7 Å². The minimum Gasteiger partial charge on any atom is -0.365 e. The second-order valence-corrected chi connectivity index (χ2v) is 6.03. The molecule has 0 bridgehead atoms. The Bertz CT molecular complexity index is 719. The van der Waals surface area contributed by atoms with Gasteiger partial charge in [0, 0.05) is 31.7 Å². The minimum absolute atomic E-state index is 0.254. The van der Waals surface area contributed by atoms with Gasteiger partial charge in [0.2, 0.25) is 0 Å². The quantitative estimate of drug-likeness (QED) is 0.796. The van der Waals surface area contributed by atoms with E-state index in [0.29, 0.717) is 16.6 Å². The number of rotatable bonds is 2. The van der Waals surface area contributed by atoms with E-state index in [1.165, 1.54) is 0 Å². The van der Waals surface area contributed by atoms with Gasteiger partial charge in [0.25, 0.3) is 0 Å². The van der Waals surface area contributed by atoms with Crippen LogP contribution >= 0.6 is 11.6 Å². The molecule has 7 heteroatoms. The molecule has 2 aromatic rings. The van der Waals surface area contributed by atoms with Crippen LogP contribution in [0.3, 0.4) is 0 Å². The number of nitrogens with zero attached hydrogens (tertiary/aromatic N) is 6. The van der Waals surface area contributed by atoms with E-state index in [4.69, 9.17) is 11.6 Å². The lowest BCUT2D eigenvalue weighted by molar-refractivity contribution is 0.410. The molecule has 0 radical (unpaired) electrons. The summed E-state index contributed by atoms with van der Waals surface area (Å²) in [6.07, 6.45) is 5.20. The Morgan fingerprint density at radius 3 is 2.91 bits per heavy atom. The molecule has 1 saturated heterocycles. The van der Waals surface area contributed by atoms with Crippen molar-refractivity contribution in [3.05, 3.63) is 35.1 Å². The molecule has 3 rings (SSSR count). The topological polar surface area (TPSA) is 70.6 Å². The van der Waals surface area contributed by atoms with Gasteiger partial charge >= 0.3 is 0 Å². The van der Waals surface area contributed by atoms with Gasteiger partial charge in [-0.15, -0.1) is 10.2 Å². The van der Waals surface area contributed by atoms with Crippen LogP contribution in [0.2, 0.25) is 5.15 Å². The van der Waals surface area contributed by atoms with Crippen molar-refractivity contribution in [3.63, 3.8) is 0 Å². The zero-order valence-electron chi connectivity index (χ0n) is 12.6. The van der Waals surface area contributed by atoms with Crippen molar-refractivity contribution in [2.75, 3.05) is 11.4 Å². The number of pyridine rings is 1. The van der Waals surface area contributed by atoms with Crippen LogP contribution in [0.4, 0.5) is 5.69 Å². The number of anilines is 1. The molecule has 0 N–H and O–H groups in total. The highest BCUT2D eigenvalue weighted by Gasteiger charge is 2.31. The monoisotopic (exact) mass is 316 g/mol. The predicted octanol–water partition coefficient (Wildman–Crippen LogP) is 2.51. The molecular formula is C15H17ClN6. The average molecular weight is 317 g/mol. The summed E-state index contributed by atoms with van der Waals surface area (Å²) < 4.78 is 1.98. The number of hydrogen-bond acceptors (Lipinski definition) is 5. The first-order valence-corrected chi connectivity index (χ1v) is 7.64. The lowest BCUT2D eigenvalue weighted by Crippen LogP contribution is -2.41. The van der Waals surface area contributed by atoms with E-state index in [0.717, 1.165) is 30.9 Å². The summed E-state index contributed by atoms with van der Waals surface area (Å²) in [5.74, 6) is 1.39. The Balaban J connectivity index is 1.86. The Labute approximate surface area is 134 Å². The molecular weight excluding hydrogens is 300 g/mol. The number of halogens is 1. The number of nitriles is 1. The minimum atomic E-state index is 0.254. The number of piperidine rings is 1. The molecule has 0 amide bonds. The van der Waals surface area contributed by atoms with Gasteiger partial charge in [-0.05, 0) is 25.8 Å². The SMILES string of the molecule is C[C@@H]1C[C@H](c2nncn2C)CCN1c1c(C#N)ccnc1Cl. The first kappa shape index (κ1) is 14.8. The normalized spacial score (nSPS) is 21.6. The van der Waals surface area contributed by atoms with E-state index < -0.39 is 0 Å². The van der Waals surface area contributed by atoms with Crippen molar-refractivity contribution in [3.8, 4) is 6.07 Å². The van der Waals surface area contributed by atoms with Crippen LogP contribution in [-0.2, 0) is 7.05 Å². The Hall–Kier alpha value is -2.13. The molecule has 6 nitrogen and oxygen atoms in total. The Kier molecular flexibility index (Phi) is 3.99. The molecule has 0 aromatic carbocycles. The van der Waals surface area contributed by atoms with Crippen LogP contribution in [0, 0.1) is 11.3 Å². The number of hydrogen-bond donors (Lipinski definition) is 0. The molecule has 1 fully saturated rings. The Morgan fingerprint density at radius 2 is 2.27 bits per heavy atom. The highest BCUT2D eigenvalue weighted by Crippen LogP contribution is 2.37. The van der Waals surface area contributed by atoms with Crippen LogP contribution in [-0.4, -0.2) is 32.3 Å². The predicted molar refractivity (Wildman–Crippen MR) is 83.7 cm³/mol. The van der Waals surface area contributed by atoms with Crippen molar-refractivity contribution >= 4 is 17.3 Å². The van der Waals surface area contributed by atoms with Gasteiger partial charge in [-0.25, -0.2) is 4.98 Å². The van der Waals surface area contributed by atoms with Crippen LogP contribution < -0.4 is 4.90 Å². The van der Waals surface area contributed by atoms with E-state index >= 15 is 0 Å². The molecule has 0 aliphatic carbocycles. The summed E-state index contributed by atoms with van der Waals surface area (Å²) in [5.41, 5.74) is 1.32. The zero-order chi connectivity index (χ0) is 15.7. The van der Waals surface area contributed by atoms with Crippen LogP contribution in [0.25, 0.3) is 0 Å². The van der Waals surface area contributed by atoms with E-state index in [2.05, 4.69) is 33.1 Å². The summed E-state index contributed by atoms with van der Waals surface area (Å²) in [4.78, 5) is 6.31. The van der Waals surface area contributed by atoms with E-state index in [9.17, 15) is 5.26 Å². The fourth-order valence-corrected chi connectivity index (χ4v) is 3.46. The maximum Gasteiger partial charge on any atom is 0.153 e. The summed E-state index contributed by atoms with van der Waals surface area (Å²) in [6, 6.07) is 4.17. The smallest absolute Gasteiger partial charge is 0.153 e. The highest BCUT2D eigenvalue weighted by molar-refractivity contribution is 6.32. The molecule has 1 aliphatic rings. The van der Waals surface area contributed by atoms with Gasteiger partial charge in [0.05, 0.1) is 11.3 Å². The fraction of sp³-hybridized carbons (Fsp3) is 0.467. The zero-order valence-corrected chi connectivity index (χ0v) is 13.3. The highest BCUT2D eigenvalue weighted by atomic mass is 35.5. The molecule has 3 heterocycles. The first-order chi connectivity index (χ1) is 10.6. The molecule has 0 unspecified atom stereocenters. The molecule has 0 saturated carbocycles. The number of aryl methyl sites for hydroxylation is 1. The van der Waals surface area contributed by atoms with Gasteiger partial charge < -0.3 is 9.47 Å². The third-order valence-corrected chi connectivity index (χ3v) is 4.55. The largest absolute Gasteiger partial charge is 0.365 e. The lowest BCUT2D eigenvalue weighted by Gasteiger charge is -2.39. The standard InChI is InChI=1S/C15H17ClN6/c1-10-7-11(15-20-19-9-21(15)2)4-6-22(10)13-12(8-17)3-5-18-14(13)16/h3,5,9-11H,4,6-7H2,1-2H3/t10-,11-/m1/s1. The van der Waals surface area contributed by atoms with Gasteiger partial charge in [-0.1, -0.05) is 11.6 Å². The summed E-state index contributed by atoms with van der Waals surface area (Å²) >= 11 is 6.24. The van der Waals surface area contributed by atoms with Crippen molar-refractivity contribution in [2.24, 2.45) is 7.05 Å². The maximum atomic E-state index is 9.31. The second-order valence-electron chi connectivity index (χ2n) is 5.67. The van der Waals surface area contributed by atoms with Crippen molar-refractivity contribution in [2.45, 2.75) is 31.7 Å². The molecule has 1 aliphatic heterocycles. The first-order valence-electron chi connectivity index (χ1n) is 7.27. The van der Waals surface area contributed by atoms with Crippen molar-refractivity contribution in [1.29, 1.82) is 5.26 Å². The number of aromatic nitrogens is 4. The van der Waals surface area contributed by atoms with Crippen LogP contribution in [0.5, 0.6) is 0 Å². The van der Waals surface area contributed by atoms with Gasteiger partial charge in [0.1, 0.15) is 18.2 Å². The molecule has 22 heavy (non-hydrogen) atoms. The maximum absolute atomic E-state index is 9.31. The summed E-state index contributed by atoms with van der Waals surface area (Å²) in [7, 11) is 1.97. The van der Waals surface area contributed by atoms with E-state index in [1.54, 1.807) is 18.6 Å². The third kappa shape index (κ3) is 2.53. The molecule has 2 aromatic heterocycles. The van der Waals surface area contributed by atoms with Gasteiger partial charge in [-0.2, -0.15) is 5.26 Å². The molecule has 114 valence electrons. The second kappa shape index (κ2) is 5.93. The van der Waals surface area contributed by atoms with Crippen molar-refractivity contribution < 1.29 is 0 Å². The fourth-order valence-electron chi connectivity index (χ4n) is 3.19. The molecule has 0 spiro atoms. The van der Waals surface area contributed by atoms with Gasteiger partial charge in [0.15, 0.2) is 5.15 Å². The van der Waals surface area contributed by atoms with E-state index in [1.807, 2.05) is 11.6 Å². The summed E-state index contributed by atoms with van der Waals surface area (Å²) in [5, 5.41) is 17.9. The van der Waals surface area contributed by atoms with Gasteiger partial charge in [-0.3, -0.25) is 0 Å². The Morgan fingerprint density at radius 1 is 1.45 bits per heavy atom. The summed E-state index contributed by atoms with van der Waals surface area (Å²) in [6.45, 7) is 2.96. The average Bonchev–Trinajstić information content (AvgIpc) is 2.93. The third-order valence-electron chi connectivity index (χ3n) is 4.27. The lowest BCUT2D eigenvalue weighted by atomic mass is 9.90.